The molecule has 1 unspecified atom stereocenters. The predicted octanol–water partition coefficient (Wildman–Crippen LogP) is 0.0342. The molecular weight excluding hydrogens is 208 g/mol. The number of aliphatic hydroxyl groups is 1. The number of carbonyl (C=O) groups is 2. The molecule has 0 aromatic rings. The smallest absolute Gasteiger partial charge is 0.252 e. The Bertz CT molecular complexity index is 256. The fourth-order valence-corrected chi connectivity index (χ4v) is 0.897. The van der Waals surface area contributed by atoms with Gasteiger partial charge in [-0.25, -0.2) is 0 Å². The Morgan fingerprint density at radius 2 is 1.75 bits per heavy atom. The number of carbonyl (C=O) groups excluding carboxylic acids is 2. The number of rotatable bonds is 5. The second-order valence-electron chi connectivity index (χ2n) is 4.89. The summed E-state index contributed by atoms with van der Waals surface area (Å²) >= 11 is 0. The zero-order chi connectivity index (χ0) is 12.9. The normalized spacial score (nSPS) is 13.4. The van der Waals surface area contributed by atoms with E-state index < -0.39 is 17.6 Å². The number of nitrogens with one attached hydrogen (secondary N) is 2. The first kappa shape index (κ1) is 14.9. The molecule has 5 heteroatoms. The van der Waals surface area contributed by atoms with Crippen LogP contribution in [0.3, 0.4) is 0 Å². The van der Waals surface area contributed by atoms with Crippen molar-refractivity contribution in [1.82, 2.24) is 10.6 Å². The molecule has 16 heavy (non-hydrogen) atoms. The van der Waals surface area contributed by atoms with Crippen molar-refractivity contribution in [1.29, 1.82) is 0 Å². The molecule has 94 valence electrons. The molecule has 0 saturated heterocycles. The molecule has 0 aliphatic carbocycles. The number of hydrogen-bond acceptors (Lipinski definition) is 3. The van der Waals surface area contributed by atoms with E-state index in [4.69, 9.17) is 0 Å². The quantitative estimate of drug-likeness (QED) is 0.623. The fraction of sp³-hybridized carbons (Fsp3) is 0.818. The van der Waals surface area contributed by atoms with Crippen LogP contribution in [0.4, 0.5) is 0 Å². The van der Waals surface area contributed by atoms with E-state index in [-0.39, 0.29) is 5.91 Å². The van der Waals surface area contributed by atoms with E-state index in [9.17, 15) is 14.7 Å². The van der Waals surface area contributed by atoms with Gasteiger partial charge < -0.3 is 15.7 Å². The van der Waals surface area contributed by atoms with Crippen LogP contribution in [0, 0.1) is 5.92 Å². The van der Waals surface area contributed by atoms with Gasteiger partial charge in [0.1, 0.15) is 11.6 Å². The van der Waals surface area contributed by atoms with Crippen LogP contribution in [0.2, 0.25) is 0 Å². The Kier molecular flexibility index (Phi) is 5.44. The van der Waals surface area contributed by atoms with Crippen LogP contribution in [0.5, 0.6) is 0 Å². The summed E-state index contributed by atoms with van der Waals surface area (Å²) in [5.41, 5.74) is -1.47. The van der Waals surface area contributed by atoms with Crippen LogP contribution in [0.1, 0.15) is 34.6 Å². The van der Waals surface area contributed by atoms with Gasteiger partial charge in [-0.2, -0.15) is 0 Å². The van der Waals surface area contributed by atoms with Crippen molar-refractivity contribution >= 4 is 11.8 Å². The third-order valence-electron chi connectivity index (χ3n) is 1.98. The van der Waals surface area contributed by atoms with Gasteiger partial charge in [-0.3, -0.25) is 9.59 Å². The predicted molar refractivity (Wildman–Crippen MR) is 61.8 cm³/mol. The molecule has 0 bridgehead atoms. The highest BCUT2D eigenvalue weighted by Crippen LogP contribution is 2.01. The van der Waals surface area contributed by atoms with Crippen LogP contribution >= 0.6 is 0 Å². The van der Waals surface area contributed by atoms with Gasteiger partial charge in [0, 0.05) is 6.54 Å². The van der Waals surface area contributed by atoms with E-state index in [2.05, 4.69) is 10.6 Å². The molecule has 0 aliphatic heterocycles. The molecule has 0 aromatic carbocycles. The van der Waals surface area contributed by atoms with Crippen molar-refractivity contribution in [2.75, 3.05) is 6.54 Å². The molecule has 2 amide bonds. The average molecular weight is 230 g/mol. The topological polar surface area (TPSA) is 78.4 Å². The summed E-state index contributed by atoms with van der Waals surface area (Å²) in [6.45, 7) is 8.88. The minimum Gasteiger partial charge on any atom is -0.381 e. The first-order valence-electron chi connectivity index (χ1n) is 5.45. The van der Waals surface area contributed by atoms with Crippen molar-refractivity contribution in [2.45, 2.75) is 46.3 Å². The zero-order valence-corrected chi connectivity index (χ0v) is 10.6. The van der Waals surface area contributed by atoms with Crippen LogP contribution < -0.4 is 10.6 Å². The molecule has 0 spiro atoms. The minimum absolute atomic E-state index is 0.244. The van der Waals surface area contributed by atoms with E-state index in [0.29, 0.717) is 12.5 Å². The summed E-state index contributed by atoms with van der Waals surface area (Å²) in [6.07, 6.45) is 0. The lowest BCUT2D eigenvalue weighted by Gasteiger charge is -2.20. The van der Waals surface area contributed by atoms with E-state index in [1.165, 1.54) is 13.8 Å². The summed E-state index contributed by atoms with van der Waals surface area (Å²) in [7, 11) is 0. The maximum atomic E-state index is 11.5. The molecule has 0 saturated carbocycles. The summed E-state index contributed by atoms with van der Waals surface area (Å²) < 4.78 is 0. The third kappa shape index (κ3) is 5.70. The molecule has 0 radical (unpaired) electrons. The van der Waals surface area contributed by atoms with Gasteiger partial charge in [-0.05, 0) is 26.7 Å². The SMILES string of the molecule is CC(C)CNC(=O)C(C)NC(=O)C(C)(C)O. The Morgan fingerprint density at radius 3 is 2.12 bits per heavy atom. The second-order valence-corrected chi connectivity index (χ2v) is 4.89. The Hall–Kier alpha value is -1.10. The van der Waals surface area contributed by atoms with Crippen molar-refractivity contribution in [3.8, 4) is 0 Å². The summed E-state index contributed by atoms with van der Waals surface area (Å²) in [4.78, 5) is 22.9. The average Bonchev–Trinajstić information content (AvgIpc) is 2.12. The van der Waals surface area contributed by atoms with Crippen LogP contribution in [0.15, 0.2) is 0 Å². The van der Waals surface area contributed by atoms with E-state index in [1.54, 1.807) is 6.92 Å². The number of hydrogen-bond donors (Lipinski definition) is 3. The van der Waals surface area contributed by atoms with E-state index in [0.717, 1.165) is 0 Å². The first-order valence-corrected chi connectivity index (χ1v) is 5.45. The molecule has 0 aromatic heterocycles. The van der Waals surface area contributed by atoms with Gasteiger partial charge in [0.15, 0.2) is 0 Å². The maximum absolute atomic E-state index is 11.5. The van der Waals surface area contributed by atoms with Gasteiger partial charge in [0.05, 0.1) is 0 Å². The molecule has 0 aliphatic rings. The highest BCUT2D eigenvalue weighted by atomic mass is 16.3. The summed E-state index contributed by atoms with van der Waals surface area (Å²) in [6, 6.07) is -0.641. The molecular formula is C11H22N2O3. The highest BCUT2D eigenvalue weighted by molar-refractivity contribution is 5.90. The van der Waals surface area contributed by atoms with Crippen molar-refractivity contribution < 1.29 is 14.7 Å². The lowest BCUT2D eigenvalue weighted by Crippen LogP contribution is -2.51. The summed E-state index contributed by atoms with van der Waals surface area (Å²) in [5.74, 6) is -0.438. The minimum atomic E-state index is -1.47. The van der Waals surface area contributed by atoms with Crippen molar-refractivity contribution in [2.24, 2.45) is 5.92 Å². The summed E-state index contributed by atoms with van der Waals surface area (Å²) in [5, 5.41) is 14.5. The van der Waals surface area contributed by atoms with Crippen molar-refractivity contribution in [3.63, 3.8) is 0 Å². The molecule has 0 heterocycles. The molecule has 0 fully saturated rings. The van der Waals surface area contributed by atoms with Crippen LogP contribution in [-0.2, 0) is 9.59 Å². The standard InChI is InChI=1S/C11H22N2O3/c1-7(2)6-12-9(14)8(3)13-10(15)11(4,5)16/h7-8,16H,6H2,1-5H3,(H,12,14)(H,13,15). The van der Waals surface area contributed by atoms with Gasteiger partial charge in [0.25, 0.3) is 5.91 Å². The lowest BCUT2D eigenvalue weighted by molar-refractivity contribution is -0.139. The van der Waals surface area contributed by atoms with Gasteiger partial charge in [-0.15, -0.1) is 0 Å². The number of amides is 2. The van der Waals surface area contributed by atoms with Gasteiger partial charge in [0.2, 0.25) is 5.91 Å². The van der Waals surface area contributed by atoms with E-state index in [1.807, 2.05) is 13.8 Å². The molecule has 0 rings (SSSR count). The highest BCUT2D eigenvalue weighted by Gasteiger charge is 2.26. The lowest BCUT2D eigenvalue weighted by atomic mass is 10.1. The monoisotopic (exact) mass is 230 g/mol. The maximum Gasteiger partial charge on any atom is 0.252 e. The Morgan fingerprint density at radius 1 is 1.25 bits per heavy atom. The molecule has 3 N–H and O–H groups in total. The molecule has 5 nitrogen and oxygen atoms in total. The fourth-order valence-electron chi connectivity index (χ4n) is 0.897. The van der Waals surface area contributed by atoms with Crippen LogP contribution in [0.25, 0.3) is 0 Å². The van der Waals surface area contributed by atoms with Crippen molar-refractivity contribution in [3.05, 3.63) is 0 Å². The molecule has 1 atom stereocenters. The first-order chi connectivity index (χ1) is 7.14. The van der Waals surface area contributed by atoms with Gasteiger partial charge >= 0.3 is 0 Å². The largest absolute Gasteiger partial charge is 0.381 e. The van der Waals surface area contributed by atoms with Gasteiger partial charge in [-0.1, -0.05) is 13.8 Å². The van der Waals surface area contributed by atoms with Crippen LogP contribution in [-0.4, -0.2) is 35.1 Å². The Balaban J connectivity index is 4.11. The zero-order valence-electron chi connectivity index (χ0n) is 10.6. The second kappa shape index (κ2) is 5.84. The third-order valence-corrected chi connectivity index (χ3v) is 1.98. The Labute approximate surface area is 96.6 Å². The van der Waals surface area contributed by atoms with E-state index >= 15 is 0 Å².